The number of sulfonamides is 1. The highest BCUT2D eigenvalue weighted by Gasteiger charge is 2.31. The topological polar surface area (TPSA) is 275 Å². The third kappa shape index (κ3) is 24.2. The molecule has 0 aromatic heterocycles. The quantitative estimate of drug-likeness (QED) is 0.0347. The SMILES string of the molecule is COc1ccc(S(=O)(=O)Cl)cc1.[C-]#[N+]/C(C#N)=C\N(C[C@@H](O)[C@H](Cc1ccccc1)NC(=O)OC(C)(C)C)S(=O)(=O)c1ccc(OC)cc1.[C-]#[N+]/C(C#N)=C\NC[C@@H](O)[C@H](Cc1ccccc1)NC(=O)OC(C)(C)C. The fourth-order valence-corrected chi connectivity index (χ4v) is 8.21. The average Bonchev–Trinajstić information content (AvgIpc) is 3.35. The van der Waals surface area contributed by atoms with E-state index < -0.39 is 79.0 Å². The highest BCUT2D eigenvalue weighted by Crippen LogP contribution is 2.23. The van der Waals surface area contributed by atoms with Gasteiger partial charge < -0.3 is 45.1 Å². The van der Waals surface area contributed by atoms with E-state index >= 15 is 0 Å². The number of carbonyl (C=O) groups excluding carboxylic acids is 2. The van der Waals surface area contributed by atoms with Gasteiger partial charge in [-0.15, -0.1) is 0 Å². The van der Waals surface area contributed by atoms with Crippen LogP contribution in [0.1, 0.15) is 52.7 Å². The maximum absolute atomic E-state index is 13.4. The molecule has 0 radical (unpaired) electrons. The maximum atomic E-state index is 13.4. The Labute approximate surface area is 443 Å². The Morgan fingerprint density at radius 2 is 1.08 bits per heavy atom. The summed E-state index contributed by atoms with van der Waals surface area (Å²) in [6, 6.07) is 31.6. The Morgan fingerprint density at radius 1 is 0.680 bits per heavy atom. The monoisotopic (exact) mass is 1090 g/mol. The van der Waals surface area contributed by atoms with Crippen molar-refractivity contribution in [3.63, 3.8) is 0 Å². The molecule has 75 heavy (non-hydrogen) atoms. The van der Waals surface area contributed by atoms with Crippen molar-refractivity contribution in [1.82, 2.24) is 20.3 Å². The van der Waals surface area contributed by atoms with E-state index in [1.165, 1.54) is 69.0 Å². The molecule has 0 fully saturated rings. The summed E-state index contributed by atoms with van der Waals surface area (Å²) in [6.07, 6.45) is -1.13. The van der Waals surface area contributed by atoms with Gasteiger partial charge in [0, 0.05) is 29.6 Å². The summed E-state index contributed by atoms with van der Waals surface area (Å²) in [5, 5.41) is 47.6. The standard InChI is InChI=1S/C26H30N4O6S.C19H24N4O3.C7H7ClO3S/c1-26(2,3)36-25(32)29-23(15-19-9-7-6-8-10-19)24(31)18-30(17-20(16-27)28-4)37(33,34)22-13-11-21(35-5)12-14-22;1-19(2,3)26-18(25)23-16(10-14-8-6-5-7-9-14)17(24)13-22-12-15(11-20)21-4;1-11-6-2-4-7(5-3-6)12(8,9)10/h6-14,17,23-24,31H,15,18H2,1-3,5H3,(H,29,32);5-9,12,16-17,22,24H,10,13H2,1-3H3,(H,23,25);2-5H,1H3/b20-17-;15-12-;/t23-,24+;16-,17+;/m00./s1. The molecular weight excluding hydrogens is 1030 g/mol. The number of methoxy groups -OCH3 is 2. The number of carbonyl (C=O) groups is 2. The highest BCUT2D eigenvalue weighted by atomic mass is 35.7. The highest BCUT2D eigenvalue weighted by molar-refractivity contribution is 8.13. The van der Waals surface area contributed by atoms with Crippen LogP contribution in [-0.4, -0.2) is 106 Å². The fourth-order valence-electron chi connectivity index (χ4n) is 6.10. The molecule has 0 aliphatic rings. The Bertz CT molecular complexity index is 2890. The van der Waals surface area contributed by atoms with Crippen LogP contribution < -0.4 is 25.4 Å². The third-order valence-corrected chi connectivity index (χ3v) is 12.7. The van der Waals surface area contributed by atoms with Gasteiger partial charge in [0.05, 0.1) is 80.1 Å². The molecule has 5 N–H and O–H groups in total. The van der Waals surface area contributed by atoms with Gasteiger partial charge in [-0.05, 0) is 114 Å². The Morgan fingerprint density at radius 3 is 1.44 bits per heavy atom. The zero-order chi connectivity index (χ0) is 56.4. The number of aliphatic hydroxyl groups excluding tert-OH is 2. The molecule has 2 amide bonds. The van der Waals surface area contributed by atoms with Crippen molar-refractivity contribution in [3.05, 3.63) is 167 Å². The first kappa shape index (κ1) is 63.3. The van der Waals surface area contributed by atoms with Crippen molar-refractivity contribution < 1.29 is 55.6 Å². The molecule has 23 heteroatoms. The minimum absolute atomic E-state index is 0.0635. The molecule has 4 atom stereocenters. The summed E-state index contributed by atoms with van der Waals surface area (Å²) in [5.74, 6) is 1.03. The normalized spacial score (nSPS) is 13.2. The van der Waals surface area contributed by atoms with Crippen LogP contribution in [0.15, 0.2) is 143 Å². The molecule has 0 bridgehead atoms. The number of ether oxygens (including phenoxy) is 4. The van der Waals surface area contributed by atoms with E-state index in [-0.39, 0.29) is 28.5 Å². The second-order valence-corrected chi connectivity index (χ2v) is 22.2. The van der Waals surface area contributed by atoms with E-state index in [1.807, 2.05) is 36.4 Å². The van der Waals surface area contributed by atoms with E-state index in [0.29, 0.717) is 17.9 Å². The predicted molar refractivity (Wildman–Crippen MR) is 280 cm³/mol. The van der Waals surface area contributed by atoms with Crippen LogP contribution in [0.4, 0.5) is 9.59 Å². The summed E-state index contributed by atoms with van der Waals surface area (Å²) < 4.78 is 69.6. The van der Waals surface area contributed by atoms with Crippen LogP contribution in [0.5, 0.6) is 11.5 Å². The van der Waals surface area contributed by atoms with Crippen molar-refractivity contribution in [2.45, 2.75) is 99.7 Å². The molecule has 4 rings (SSSR count). The number of hydrogen-bond acceptors (Lipinski definition) is 15. The zero-order valence-electron chi connectivity index (χ0n) is 42.6. The first-order chi connectivity index (χ1) is 35.2. The molecule has 0 spiro atoms. The van der Waals surface area contributed by atoms with E-state index in [1.54, 1.807) is 77.9 Å². The first-order valence-corrected chi connectivity index (χ1v) is 26.3. The van der Waals surface area contributed by atoms with Gasteiger partial charge in [0.15, 0.2) is 0 Å². The van der Waals surface area contributed by atoms with Gasteiger partial charge >= 0.3 is 12.2 Å². The van der Waals surface area contributed by atoms with Gasteiger partial charge in [-0.1, -0.05) is 60.7 Å². The smallest absolute Gasteiger partial charge is 0.407 e. The van der Waals surface area contributed by atoms with Crippen molar-refractivity contribution >= 4 is 41.9 Å². The van der Waals surface area contributed by atoms with Gasteiger partial charge in [0.1, 0.15) is 22.7 Å². The van der Waals surface area contributed by atoms with Crippen LogP contribution in [-0.2, 0) is 41.4 Å². The number of amides is 2. The van der Waals surface area contributed by atoms with Gasteiger partial charge in [-0.2, -0.15) is 0 Å². The lowest BCUT2D eigenvalue weighted by atomic mass is 10.0. The van der Waals surface area contributed by atoms with E-state index in [2.05, 4.69) is 25.6 Å². The van der Waals surface area contributed by atoms with Crippen LogP contribution in [0, 0.1) is 35.8 Å². The number of alkyl carbamates (subject to hydrolysis) is 2. The van der Waals surface area contributed by atoms with Gasteiger partial charge in [0.2, 0.25) is 0 Å². The Balaban J connectivity index is 0.000000436. The summed E-state index contributed by atoms with van der Waals surface area (Å²) in [4.78, 5) is 30.6. The van der Waals surface area contributed by atoms with Crippen LogP contribution in [0.25, 0.3) is 9.69 Å². The number of rotatable bonds is 19. The molecule has 0 saturated carbocycles. The zero-order valence-corrected chi connectivity index (χ0v) is 45.0. The third-order valence-electron chi connectivity index (χ3n) is 9.61. The number of hydrogen-bond donors (Lipinski definition) is 5. The van der Waals surface area contributed by atoms with Crippen LogP contribution in [0.2, 0.25) is 0 Å². The molecule has 0 heterocycles. The first-order valence-electron chi connectivity index (χ1n) is 22.6. The lowest BCUT2D eigenvalue weighted by molar-refractivity contribution is 0.0407. The lowest BCUT2D eigenvalue weighted by Crippen LogP contribution is -2.50. The van der Waals surface area contributed by atoms with E-state index in [9.17, 15) is 41.9 Å². The Hall–Kier alpha value is -7.83. The largest absolute Gasteiger partial charge is 0.497 e. The Kier molecular flexibility index (Phi) is 25.6. The number of nitriles is 2. The molecule has 20 nitrogen and oxygen atoms in total. The number of nitrogens with zero attached hydrogens (tertiary/aromatic N) is 5. The molecular formula is C52H61ClN8O12S2. The van der Waals surface area contributed by atoms with Crippen molar-refractivity contribution in [2.75, 3.05) is 27.3 Å². The van der Waals surface area contributed by atoms with Gasteiger partial charge in [-0.25, -0.2) is 46.6 Å². The fraction of sp³-hybridized carbons (Fsp3) is 0.346. The number of allylic oxidation sites excluding steroid dienone is 2. The number of nitrogens with one attached hydrogen (secondary N) is 3. The number of benzene rings is 4. The summed E-state index contributed by atoms with van der Waals surface area (Å²) in [6.45, 7) is 23.8. The molecule has 400 valence electrons. The summed E-state index contributed by atoms with van der Waals surface area (Å²) in [7, 11) is 0.120. The molecule has 0 aliphatic heterocycles. The van der Waals surface area contributed by atoms with Gasteiger partial charge in [-0.3, -0.25) is 4.31 Å². The molecule has 0 aliphatic carbocycles. The lowest BCUT2D eigenvalue weighted by Gasteiger charge is -2.30. The maximum Gasteiger partial charge on any atom is 0.407 e. The molecule has 0 unspecified atom stereocenters. The molecule has 4 aromatic carbocycles. The summed E-state index contributed by atoms with van der Waals surface area (Å²) in [5.41, 5.74) is -0.328. The number of halogens is 1. The van der Waals surface area contributed by atoms with E-state index in [0.717, 1.165) is 21.6 Å². The number of aliphatic hydroxyl groups is 2. The molecule has 0 saturated heterocycles. The van der Waals surface area contributed by atoms with Crippen molar-refractivity contribution in [2.24, 2.45) is 0 Å². The van der Waals surface area contributed by atoms with Crippen molar-refractivity contribution in [3.8, 4) is 23.6 Å². The predicted octanol–water partition coefficient (Wildman–Crippen LogP) is 7.45. The minimum Gasteiger partial charge on any atom is -0.497 e. The van der Waals surface area contributed by atoms with Crippen LogP contribution in [0.3, 0.4) is 0 Å². The second kappa shape index (κ2) is 30.4. The van der Waals surface area contributed by atoms with Crippen LogP contribution >= 0.6 is 10.7 Å². The summed E-state index contributed by atoms with van der Waals surface area (Å²) >= 11 is 0. The average molecular weight is 1090 g/mol. The molecule has 4 aromatic rings. The van der Waals surface area contributed by atoms with Gasteiger partial charge in [0.25, 0.3) is 30.5 Å². The van der Waals surface area contributed by atoms with Crippen molar-refractivity contribution in [1.29, 1.82) is 10.5 Å². The minimum atomic E-state index is -4.30. The second-order valence-electron chi connectivity index (χ2n) is 17.8. The van der Waals surface area contributed by atoms with E-state index in [4.69, 9.17) is 48.0 Å².